The number of carbonyl (C=O) groups excluding carboxylic acids is 1. The van der Waals surface area contributed by atoms with Gasteiger partial charge in [0, 0.05) is 44.0 Å². The van der Waals surface area contributed by atoms with Gasteiger partial charge in [0.15, 0.2) is 0 Å². The lowest BCUT2D eigenvalue weighted by Crippen LogP contribution is -2.38. The van der Waals surface area contributed by atoms with Gasteiger partial charge in [0.1, 0.15) is 11.6 Å². The Morgan fingerprint density at radius 3 is 2.57 bits per heavy atom. The Balaban J connectivity index is 1.43. The number of aryl methyl sites for hydroxylation is 2. The zero-order valence-corrected chi connectivity index (χ0v) is 16.1. The number of nitrogens with zero attached hydrogens (tertiary/aromatic N) is 5. The summed E-state index contributed by atoms with van der Waals surface area (Å²) < 4.78 is 7.53. The normalized spacial score (nSPS) is 14.9. The van der Waals surface area contributed by atoms with E-state index in [1.54, 1.807) is 17.1 Å². The number of amides is 1. The summed E-state index contributed by atoms with van der Waals surface area (Å²) in [5, 5.41) is 4.08. The lowest BCUT2D eigenvalue weighted by molar-refractivity contribution is 0.0710. The Labute approximate surface area is 164 Å². The molecule has 1 aromatic carbocycles. The predicted molar refractivity (Wildman–Crippen MR) is 104 cm³/mol. The van der Waals surface area contributed by atoms with Crippen LogP contribution in [0.2, 0.25) is 0 Å². The van der Waals surface area contributed by atoms with Crippen molar-refractivity contribution < 1.29 is 9.53 Å². The number of piperidine rings is 1. The second-order valence-electron chi connectivity index (χ2n) is 7.09. The van der Waals surface area contributed by atoms with Gasteiger partial charge in [0.05, 0.1) is 11.8 Å². The topological polar surface area (TPSA) is 73.1 Å². The molecule has 0 saturated carbocycles. The first-order valence-electron chi connectivity index (χ1n) is 9.45. The van der Waals surface area contributed by atoms with Crippen LogP contribution in [-0.4, -0.2) is 43.6 Å². The number of benzene rings is 1. The number of ether oxygens (including phenoxy) is 1. The molecule has 0 unspecified atom stereocenters. The summed E-state index contributed by atoms with van der Waals surface area (Å²) in [6.45, 7) is 3.32. The highest BCUT2D eigenvalue weighted by Crippen LogP contribution is 2.29. The van der Waals surface area contributed by atoms with Gasteiger partial charge in [-0.25, -0.2) is 4.98 Å². The lowest BCUT2D eigenvalue weighted by atomic mass is 9.95. The molecule has 1 aliphatic rings. The first-order chi connectivity index (χ1) is 13.6. The minimum atomic E-state index is 0.0322. The molecule has 0 bridgehead atoms. The van der Waals surface area contributed by atoms with Crippen molar-refractivity contribution in [3.8, 4) is 11.6 Å². The number of hydrogen-bond donors (Lipinski definition) is 0. The highest BCUT2D eigenvalue weighted by atomic mass is 16.5. The molecule has 0 atom stereocenters. The molecule has 1 fully saturated rings. The van der Waals surface area contributed by atoms with Crippen LogP contribution >= 0.6 is 0 Å². The van der Waals surface area contributed by atoms with Crippen molar-refractivity contribution in [1.82, 2.24) is 24.6 Å². The van der Waals surface area contributed by atoms with Crippen molar-refractivity contribution in [3.05, 3.63) is 65.9 Å². The Hall–Kier alpha value is -3.22. The molecule has 3 aromatic rings. The minimum absolute atomic E-state index is 0.0322. The smallest absolute Gasteiger partial charge is 0.257 e. The second-order valence-corrected chi connectivity index (χ2v) is 7.09. The molecular weight excluding hydrogens is 354 g/mol. The highest BCUT2D eigenvalue weighted by molar-refractivity contribution is 5.93. The summed E-state index contributed by atoms with van der Waals surface area (Å²) >= 11 is 0. The maximum absolute atomic E-state index is 12.6. The third-order valence-corrected chi connectivity index (χ3v) is 4.91. The number of aromatic nitrogens is 4. The van der Waals surface area contributed by atoms with Gasteiger partial charge in [0.25, 0.3) is 5.91 Å². The van der Waals surface area contributed by atoms with Gasteiger partial charge in [-0.15, -0.1) is 0 Å². The van der Waals surface area contributed by atoms with Crippen LogP contribution in [0.25, 0.3) is 0 Å². The summed E-state index contributed by atoms with van der Waals surface area (Å²) in [6, 6.07) is 11.5. The molecule has 1 aliphatic heterocycles. The van der Waals surface area contributed by atoms with Crippen molar-refractivity contribution in [2.24, 2.45) is 7.05 Å². The monoisotopic (exact) mass is 377 g/mol. The second kappa shape index (κ2) is 7.80. The third kappa shape index (κ3) is 4.03. The Bertz CT molecular complexity index is 962. The van der Waals surface area contributed by atoms with Crippen molar-refractivity contribution in [3.63, 3.8) is 0 Å². The Morgan fingerprint density at radius 2 is 1.89 bits per heavy atom. The third-order valence-electron chi connectivity index (χ3n) is 4.91. The average Bonchev–Trinajstić information content (AvgIpc) is 3.14. The summed E-state index contributed by atoms with van der Waals surface area (Å²) in [6.07, 6.45) is 5.04. The fourth-order valence-corrected chi connectivity index (χ4v) is 3.46. The zero-order chi connectivity index (χ0) is 19.5. The molecule has 0 spiro atoms. The summed E-state index contributed by atoms with van der Waals surface area (Å²) in [5.41, 5.74) is 1.51. The van der Waals surface area contributed by atoms with Gasteiger partial charge in [-0.1, -0.05) is 18.2 Å². The molecule has 2 aromatic heterocycles. The van der Waals surface area contributed by atoms with Crippen LogP contribution < -0.4 is 4.74 Å². The van der Waals surface area contributed by atoms with E-state index in [0.717, 1.165) is 30.1 Å². The lowest BCUT2D eigenvalue weighted by Gasteiger charge is -2.31. The van der Waals surface area contributed by atoms with Crippen LogP contribution in [-0.2, 0) is 7.05 Å². The van der Waals surface area contributed by atoms with E-state index >= 15 is 0 Å². The van der Waals surface area contributed by atoms with Gasteiger partial charge in [-0.2, -0.15) is 10.1 Å². The zero-order valence-electron chi connectivity index (χ0n) is 16.1. The van der Waals surface area contributed by atoms with Crippen LogP contribution in [0.3, 0.4) is 0 Å². The fourth-order valence-electron chi connectivity index (χ4n) is 3.46. The SMILES string of the molecule is Cc1cc(Oc2ccccc2)nc(C2CCN(C(=O)c3cnn(C)c3)CC2)n1. The first-order valence-corrected chi connectivity index (χ1v) is 9.45. The average molecular weight is 377 g/mol. The van der Waals surface area contributed by atoms with E-state index in [1.807, 2.05) is 55.3 Å². The number of hydrogen-bond acceptors (Lipinski definition) is 5. The highest BCUT2D eigenvalue weighted by Gasteiger charge is 2.27. The molecule has 144 valence electrons. The van der Waals surface area contributed by atoms with Crippen molar-refractivity contribution in [2.45, 2.75) is 25.7 Å². The van der Waals surface area contributed by atoms with Crippen LogP contribution in [0.15, 0.2) is 48.8 Å². The standard InChI is InChI=1S/C21H23N5O2/c1-15-12-19(28-18-6-4-3-5-7-18)24-20(23-15)16-8-10-26(11-9-16)21(27)17-13-22-25(2)14-17/h3-7,12-14,16H,8-11H2,1-2H3. The van der Waals surface area contributed by atoms with Crippen molar-refractivity contribution >= 4 is 5.91 Å². The van der Waals surface area contributed by atoms with Crippen molar-refractivity contribution in [2.75, 3.05) is 13.1 Å². The number of carbonyl (C=O) groups is 1. The fraction of sp³-hybridized carbons (Fsp3) is 0.333. The quantitative estimate of drug-likeness (QED) is 0.697. The van der Waals surface area contributed by atoms with Gasteiger partial charge in [0.2, 0.25) is 5.88 Å². The maximum atomic E-state index is 12.6. The predicted octanol–water partition coefficient (Wildman–Crippen LogP) is 3.33. The molecule has 1 amide bonds. The molecule has 28 heavy (non-hydrogen) atoms. The molecule has 1 saturated heterocycles. The number of para-hydroxylation sites is 1. The summed E-state index contributed by atoms with van der Waals surface area (Å²) in [7, 11) is 1.81. The van der Waals surface area contributed by atoms with E-state index in [1.165, 1.54) is 0 Å². The molecule has 0 radical (unpaired) electrons. The molecule has 0 N–H and O–H groups in total. The number of likely N-dealkylation sites (tertiary alicyclic amines) is 1. The largest absolute Gasteiger partial charge is 0.439 e. The maximum Gasteiger partial charge on any atom is 0.257 e. The van der Waals surface area contributed by atoms with Crippen LogP contribution in [0.5, 0.6) is 11.6 Å². The van der Waals surface area contributed by atoms with E-state index in [4.69, 9.17) is 4.74 Å². The van der Waals surface area contributed by atoms with E-state index < -0.39 is 0 Å². The molecular formula is C21H23N5O2. The summed E-state index contributed by atoms with van der Waals surface area (Å²) in [4.78, 5) is 23.7. The molecule has 3 heterocycles. The molecule has 7 heteroatoms. The van der Waals surface area contributed by atoms with Gasteiger partial charge in [-0.05, 0) is 31.9 Å². The van der Waals surface area contributed by atoms with Crippen LogP contribution in [0.1, 0.15) is 40.6 Å². The first kappa shape index (κ1) is 18.2. The van der Waals surface area contributed by atoms with Gasteiger partial charge in [-0.3, -0.25) is 9.48 Å². The van der Waals surface area contributed by atoms with E-state index in [0.29, 0.717) is 24.5 Å². The number of rotatable bonds is 4. The van der Waals surface area contributed by atoms with Crippen molar-refractivity contribution in [1.29, 1.82) is 0 Å². The summed E-state index contributed by atoms with van der Waals surface area (Å²) in [5.74, 6) is 2.35. The molecule has 4 rings (SSSR count). The Morgan fingerprint density at radius 1 is 1.14 bits per heavy atom. The van der Waals surface area contributed by atoms with E-state index in [2.05, 4.69) is 15.1 Å². The van der Waals surface area contributed by atoms with E-state index in [-0.39, 0.29) is 11.8 Å². The van der Waals surface area contributed by atoms with E-state index in [9.17, 15) is 4.79 Å². The van der Waals surface area contributed by atoms with Gasteiger partial charge < -0.3 is 9.64 Å². The molecule has 7 nitrogen and oxygen atoms in total. The minimum Gasteiger partial charge on any atom is -0.439 e. The Kier molecular flexibility index (Phi) is 5.06. The molecule has 0 aliphatic carbocycles. The van der Waals surface area contributed by atoms with Crippen LogP contribution in [0.4, 0.5) is 0 Å². The van der Waals surface area contributed by atoms with Crippen LogP contribution in [0, 0.1) is 6.92 Å². The van der Waals surface area contributed by atoms with Gasteiger partial charge >= 0.3 is 0 Å².